The summed E-state index contributed by atoms with van der Waals surface area (Å²) < 4.78 is 34.0. The van der Waals surface area contributed by atoms with Crippen LogP contribution in [0, 0.1) is 0 Å². The van der Waals surface area contributed by atoms with Crippen LogP contribution in [0.25, 0.3) is 0 Å². The summed E-state index contributed by atoms with van der Waals surface area (Å²) in [6, 6.07) is -2.45. The Labute approximate surface area is 103 Å². The Morgan fingerprint density at radius 3 is 2.72 bits per heavy atom. The zero-order valence-corrected chi connectivity index (χ0v) is 10.1. The van der Waals surface area contributed by atoms with Gasteiger partial charge in [0.25, 0.3) is 0 Å². The number of amides is 3. The zero-order valence-electron chi connectivity index (χ0n) is 9.31. The Kier molecular flexibility index (Phi) is 2.80. The minimum atomic E-state index is -4.80. The van der Waals surface area contributed by atoms with E-state index in [-0.39, 0.29) is 6.54 Å². The van der Waals surface area contributed by atoms with Crippen molar-refractivity contribution in [2.45, 2.75) is 19.0 Å². The maximum absolute atomic E-state index is 11.8. The van der Waals surface area contributed by atoms with E-state index in [4.69, 9.17) is 10.3 Å². The van der Waals surface area contributed by atoms with E-state index in [9.17, 15) is 18.0 Å². The number of rotatable bonds is 3. The van der Waals surface area contributed by atoms with Gasteiger partial charge in [-0.05, 0) is 12.5 Å². The van der Waals surface area contributed by atoms with Crippen LogP contribution >= 0.6 is 0 Å². The number of hydrogen-bond acceptors (Lipinski definition) is 5. The van der Waals surface area contributed by atoms with Crippen LogP contribution in [0.1, 0.15) is 6.92 Å². The summed E-state index contributed by atoms with van der Waals surface area (Å²) in [5.41, 5.74) is 5.70. The first kappa shape index (κ1) is 12.8. The standard InChI is InChI=1S/C8H11N3O6S/c1-4-2-5-3-10(6(4)7(9)12)8(13)11(5)17-18(14,15)16/h2,5-6H,3H2,1H3,(H2,9,12)(H,14,15,16)/t5-,6?/m1/s1. The summed E-state index contributed by atoms with van der Waals surface area (Å²) in [5.74, 6) is -0.718. The van der Waals surface area contributed by atoms with Gasteiger partial charge in [-0.25, -0.2) is 4.79 Å². The predicted octanol–water partition coefficient (Wildman–Crippen LogP) is -1.36. The van der Waals surface area contributed by atoms with Gasteiger partial charge in [0.15, 0.2) is 0 Å². The lowest BCUT2D eigenvalue weighted by Crippen LogP contribution is -2.48. The van der Waals surface area contributed by atoms with Crippen molar-refractivity contribution in [3.05, 3.63) is 11.6 Å². The van der Waals surface area contributed by atoms with Gasteiger partial charge in [0.1, 0.15) is 6.04 Å². The van der Waals surface area contributed by atoms with Crippen molar-refractivity contribution in [1.29, 1.82) is 0 Å². The van der Waals surface area contributed by atoms with Crippen molar-refractivity contribution in [3.63, 3.8) is 0 Å². The lowest BCUT2D eigenvalue weighted by atomic mass is 10.0. The van der Waals surface area contributed by atoms with Crippen molar-refractivity contribution in [2.24, 2.45) is 5.73 Å². The van der Waals surface area contributed by atoms with Gasteiger partial charge in [-0.3, -0.25) is 9.35 Å². The molecule has 1 saturated heterocycles. The second kappa shape index (κ2) is 3.93. The number of nitrogens with zero attached hydrogens (tertiary/aromatic N) is 2. The molecule has 3 amide bonds. The Balaban J connectivity index is 2.33. The molecule has 10 heteroatoms. The summed E-state index contributed by atoms with van der Waals surface area (Å²) in [6.07, 6.45) is 1.50. The van der Waals surface area contributed by atoms with E-state index >= 15 is 0 Å². The first-order chi connectivity index (χ1) is 8.20. The number of hydrogen-bond donors (Lipinski definition) is 2. The van der Waals surface area contributed by atoms with E-state index in [1.165, 1.54) is 6.08 Å². The van der Waals surface area contributed by atoms with Crippen molar-refractivity contribution in [2.75, 3.05) is 6.54 Å². The van der Waals surface area contributed by atoms with E-state index in [0.717, 1.165) is 4.90 Å². The first-order valence-electron chi connectivity index (χ1n) is 4.95. The first-order valence-corrected chi connectivity index (χ1v) is 6.31. The van der Waals surface area contributed by atoms with Crippen molar-refractivity contribution >= 4 is 22.3 Å². The predicted molar refractivity (Wildman–Crippen MR) is 57.1 cm³/mol. The number of hydroxylamine groups is 2. The molecule has 0 spiro atoms. The minimum absolute atomic E-state index is 0.0687. The molecule has 0 aromatic rings. The highest BCUT2D eigenvalue weighted by Gasteiger charge is 2.48. The van der Waals surface area contributed by atoms with Crippen LogP contribution in [0.15, 0.2) is 11.6 Å². The average Bonchev–Trinajstić information content (AvgIpc) is 2.41. The second-order valence-electron chi connectivity index (χ2n) is 4.05. The Morgan fingerprint density at radius 1 is 1.61 bits per heavy atom. The molecule has 0 aromatic heterocycles. The fraction of sp³-hybridized carbons (Fsp3) is 0.500. The van der Waals surface area contributed by atoms with Crippen LogP contribution in [0.4, 0.5) is 4.79 Å². The van der Waals surface area contributed by atoms with Crippen LogP contribution in [0.3, 0.4) is 0 Å². The highest BCUT2D eigenvalue weighted by Crippen LogP contribution is 2.29. The number of carbonyl (C=O) groups excluding carboxylic acids is 2. The molecule has 2 aliphatic heterocycles. The smallest absolute Gasteiger partial charge is 0.368 e. The summed E-state index contributed by atoms with van der Waals surface area (Å²) in [5, 5.41) is 0.502. The van der Waals surface area contributed by atoms with Gasteiger partial charge >= 0.3 is 16.4 Å². The van der Waals surface area contributed by atoms with Crippen LogP contribution in [0.2, 0.25) is 0 Å². The molecule has 0 saturated carbocycles. The Hall–Kier alpha value is -1.65. The number of fused-ring (bicyclic) bond motifs is 2. The van der Waals surface area contributed by atoms with Crippen molar-refractivity contribution in [1.82, 2.24) is 9.96 Å². The van der Waals surface area contributed by atoms with Gasteiger partial charge in [0, 0.05) is 0 Å². The number of urea groups is 1. The topological polar surface area (TPSA) is 130 Å². The molecule has 1 fully saturated rings. The molecule has 2 aliphatic rings. The van der Waals surface area contributed by atoms with Crippen LogP contribution in [-0.2, 0) is 19.5 Å². The molecule has 0 radical (unpaired) electrons. The maximum Gasteiger partial charge on any atom is 0.418 e. The fourth-order valence-electron chi connectivity index (χ4n) is 2.17. The molecule has 18 heavy (non-hydrogen) atoms. The number of primary amides is 1. The number of carbonyl (C=O) groups is 2. The fourth-order valence-corrected chi connectivity index (χ4v) is 2.54. The Bertz CT molecular complexity index is 541. The molecule has 100 valence electrons. The number of nitrogens with two attached hydrogens (primary N) is 1. The highest BCUT2D eigenvalue weighted by atomic mass is 32.3. The summed E-state index contributed by atoms with van der Waals surface area (Å²) in [6.45, 7) is 1.66. The molecule has 2 heterocycles. The Morgan fingerprint density at radius 2 is 2.22 bits per heavy atom. The SMILES string of the molecule is CC1=C[C@@H]2CN(C(=O)N2OS(=O)(=O)O)C1C(N)=O. The third-order valence-corrected chi connectivity index (χ3v) is 3.11. The molecule has 2 atom stereocenters. The third kappa shape index (κ3) is 2.05. The molecule has 2 rings (SSSR count). The van der Waals surface area contributed by atoms with Gasteiger partial charge in [0.2, 0.25) is 5.91 Å². The molecule has 0 aliphatic carbocycles. The van der Waals surface area contributed by atoms with Crippen molar-refractivity contribution < 1.29 is 26.8 Å². The van der Waals surface area contributed by atoms with E-state index < -0.39 is 34.4 Å². The minimum Gasteiger partial charge on any atom is -0.368 e. The molecule has 1 unspecified atom stereocenters. The molecule has 3 N–H and O–H groups in total. The summed E-state index contributed by atoms with van der Waals surface area (Å²) >= 11 is 0. The monoisotopic (exact) mass is 277 g/mol. The van der Waals surface area contributed by atoms with Crippen LogP contribution in [-0.4, -0.2) is 53.5 Å². The van der Waals surface area contributed by atoms with E-state index in [0.29, 0.717) is 10.6 Å². The second-order valence-corrected chi connectivity index (χ2v) is 5.05. The van der Waals surface area contributed by atoms with Crippen LogP contribution < -0.4 is 5.73 Å². The largest absolute Gasteiger partial charge is 0.418 e. The van der Waals surface area contributed by atoms with Crippen LogP contribution in [0.5, 0.6) is 0 Å². The van der Waals surface area contributed by atoms with Gasteiger partial charge in [-0.15, -0.1) is 4.28 Å². The highest BCUT2D eigenvalue weighted by molar-refractivity contribution is 7.80. The van der Waals surface area contributed by atoms with E-state index in [1.54, 1.807) is 6.92 Å². The van der Waals surface area contributed by atoms with Gasteiger partial charge < -0.3 is 10.6 Å². The quantitative estimate of drug-likeness (QED) is 0.484. The summed E-state index contributed by atoms with van der Waals surface area (Å²) in [4.78, 5) is 24.2. The molecule has 2 bridgehead atoms. The van der Waals surface area contributed by atoms with E-state index in [2.05, 4.69) is 4.28 Å². The van der Waals surface area contributed by atoms with Crippen molar-refractivity contribution in [3.8, 4) is 0 Å². The normalized spacial score (nSPS) is 27.4. The molecular weight excluding hydrogens is 266 g/mol. The van der Waals surface area contributed by atoms with Gasteiger partial charge in [-0.2, -0.15) is 13.5 Å². The lowest BCUT2D eigenvalue weighted by molar-refractivity contribution is -0.121. The summed E-state index contributed by atoms with van der Waals surface area (Å²) in [7, 11) is -4.80. The van der Waals surface area contributed by atoms with Gasteiger partial charge in [-0.1, -0.05) is 6.08 Å². The lowest BCUT2D eigenvalue weighted by Gasteiger charge is -2.27. The van der Waals surface area contributed by atoms with Gasteiger partial charge in [0.05, 0.1) is 12.6 Å². The maximum atomic E-state index is 11.8. The molecule has 9 nitrogen and oxygen atoms in total. The zero-order chi connectivity index (χ0) is 13.7. The molecule has 0 aromatic carbocycles. The van der Waals surface area contributed by atoms with E-state index in [1.807, 2.05) is 0 Å². The average molecular weight is 277 g/mol. The molecular formula is C8H11N3O6S. The third-order valence-electron chi connectivity index (χ3n) is 2.76.